The van der Waals surface area contributed by atoms with Crippen LogP contribution in [-0.4, -0.2) is 0 Å². The molecular formula is C20H21N. The van der Waals surface area contributed by atoms with Gasteiger partial charge < -0.3 is 0 Å². The van der Waals surface area contributed by atoms with Gasteiger partial charge in [0.15, 0.2) is 0 Å². The van der Waals surface area contributed by atoms with E-state index in [0.717, 1.165) is 12.3 Å². The average molecular weight is 275 g/mol. The van der Waals surface area contributed by atoms with Crippen molar-refractivity contribution in [3.05, 3.63) is 60.2 Å². The van der Waals surface area contributed by atoms with Crippen LogP contribution >= 0.6 is 0 Å². The van der Waals surface area contributed by atoms with Gasteiger partial charge in [-0.2, -0.15) is 5.26 Å². The summed E-state index contributed by atoms with van der Waals surface area (Å²) in [6.07, 6.45) is 6.33. The minimum absolute atomic E-state index is 0.0536. The van der Waals surface area contributed by atoms with Crippen molar-refractivity contribution in [3.63, 3.8) is 0 Å². The zero-order valence-electron chi connectivity index (χ0n) is 12.3. The van der Waals surface area contributed by atoms with Gasteiger partial charge in [0.2, 0.25) is 0 Å². The number of hydrogen-bond acceptors (Lipinski definition) is 1. The minimum Gasteiger partial charge on any atom is -0.198 e. The van der Waals surface area contributed by atoms with Crippen molar-refractivity contribution in [2.24, 2.45) is 5.92 Å². The molecule has 1 fully saturated rings. The van der Waals surface area contributed by atoms with Crippen molar-refractivity contribution < 1.29 is 0 Å². The molecule has 1 aliphatic carbocycles. The van der Waals surface area contributed by atoms with Gasteiger partial charge in [0, 0.05) is 0 Å². The molecule has 0 aliphatic heterocycles. The van der Waals surface area contributed by atoms with E-state index in [0.29, 0.717) is 0 Å². The van der Waals surface area contributed by atoms with Gasteiger partial charge in [0.05, 0.1) is 12.0 Å². The second-order valence-corrected chi connectivity index (χ2v) is 6.06. The number of nitriles is 1. The highest BCUT2D eigenvalue weighted by atomic mass is 14.3. The van der Waals surface area contributed by atoms with Gasteiger partial charge >= 0.3 is 0 Å². The molecule has 2 aromatic carbocycles. The lowest BCUT2D eigenvalue weighted by atomic mass is 9.88. The van der Waals surface area contributed by atoms with Crippen LogP contribution in [0.2, 0.25) is 0 Å². The predicted octanol–water partition coefficient (Wildman–Crippen LogP) is 5.54. The molecule has 1 atom stereocenters. The van der Waals surface area contributed by atoms with Crippen molar-refractivity contribution in [3.8, 4) is 17.2 Å². The Labute approximate surface area is 127 Å². The molecule has 3 rings (SSSR count). The summed E-state index contributed by atoms with van der Waals surface area (Å²) in [7, 11) is 0. The number of nitrogens with zero attached hydrogens (tertiary/aromatic N) is 1. The van der Waals surface area contributed by atoms with E-state index in [1.54, 1.807) is 0 Å². The zero-order valence-corrected chi connectivity index (χ0v) is 12.3. The predicted molar refractivity (Wildman–Crippen MR) is 86.8 cm³/mol. The number of rotatable bonds is 4. The van der Waals surface area contributed by atoms with E-state index in [4.69, 9.17) is 0 Å². The van der Waals surface area contributed by atoms with E-state index in [2.05, 4.69) is 54.6 Å². The minimum atomic E-state index is 0.0536. The highest BCUT2D eigenvalue weighted by Crippen LogP contribution is 2.34. The Balaban J connectivity index is 1.74. The molecule has 0 N–H and O–H groups in total. The third kappa shape index (κ3) is 3.34. The van der Waals surface area contributed by atoms with Crippen molar-refractivity contribution >= 4 is 0 Å². The fraction of sp³-hybridized carbons (Fsp3) is 0.350. The summed E-state index contributed by atoms with van der Waals surface area (Å²) in [5.74, 6) is 0.807. The number of hydrogen-bond donors (Lipinski definition) is 0. The standard InChI is InChI=1S/C20H21N/c21-15-20(14-16-6-4-5-7-16)19-12-10-18(11-13-19)17-8-2-1-3-9-17/h1-3,8-13,16,20H,4-7,14H2/t20-/m0/s1. The molecule has 0 saturated heterocycles. The summed E-state index contributed by atoms with van der Waals surface area (Å²) >= 11 is 0. The van der Waals surface area contributed by atoms with Gasteiger partial charge in [-0.1, -0.05) is 80.3 Å². The van der Waals surface area contributed by atoms with Crippen LogP contribution in [0, 0.1) is 17.2 Å². The fourth-order valence-corrected chi connectivity index (χ4v) is 3.38. The molecule has 0 radical (unpaired) electrons. The molecule has 0 aromatic heterocycles. The van der Waals surface area contributed by atoms with Gasteiger partial charge in [0.25, 0.3) is 0 Å². The Kier molecular flexibility index (Phi) is 4.36. The summed E-state index contributed by atoms with van der Waals surface area (Å²) < 4.78 is 0. The van der Waals surface area contributed by atoms with Crippen LogP contribution in [0.15, 0.2) is 54.6 Å². The third-order valence-electron chi connectivity index (χ3n) is 4.62. The zero-order chi connectivity index (χ0) is 14.5. The van der Waals surface area contributed by atoms with E-state index in [9.17, 15) is 5.26 Å². The van der Waals surface area contributed by atoms with Crippen LogP contribution in [0.5, 0.6) is 0 Å². The summed E-state index contributed by atoms with van der Waals surface area (Å²) in [4.78, 5) is 0. The smallest absolute Gasteiger partial charge is 0.0715 e. The summed E-state index contributed by atoms with van der Waals surface area (Å²) in [6.45, 7) is 0. The summed E-state index contributed by atoms with van der Waals surface area (Å²) in [5.41, 5.74) is 3.62. The molecular weight excluding hydrogens is 254 g/mol. The summed E-state index contributed by atoms with van der Waals surface area (Å²) in [6, 6.07) is 21.4. The maximum Gasteiger partial charge on any atom is 0.0715 e. The van der Waals surface area contributed by atoms with Crippen LogP contribution in [0.1, 0.15) is 43.6 Å². The second kappa shape index (κ2) is 6.59. The molecule has 0 bridgehead atoms. The fourth-order valence-electron chi connectivity index (χ4n) is 3.38. The quantitative estimate of drug-likeness (QED) is 0.718. The Bertz CT molecular complexity index is 601. The Hall–Kier alpha value is -2.07. The van der Waals surface area contributed by atoms with Crippen molar-refractivity contribution in [1.29, 1.82) is 5.26 Å². The number of benzene rings is 2. The van der Waals surface area contributed by atoms with E-state index < -0.39 is 0 Å². The van der Waals surface area contributed by atoms with Gasteiger partial charge in [-0.25, -0.2) is 0 Å². The first-order chi connectivity index (χ1) is 10.4. The molecule has 21 heavy (non-hydrogen) atoms. The lowest BCUT2D eigenvalue weighted by Gasteiger charge is -2.15. The largest absolute Gasteiger partial charge is 0.198 e. The molecule has 1 heteroatoms. The van der Waals surface area contributed by atoms with Crippen LogP contribution in [0.4, 0.5) is 0 Å². The van der Waals surface area contributed by atoms with Crippen molar-refractivity contribution in [2.75, 3.05) is 0 Å². The first kappa shape index (κ1) is 13.9. The average Bonchev–Trinajstić information content (AvgIpc) is 3.07. The maximum absolute atomic E-state index is 9.48. The second-order valence-electron chi connectivity index (χ2n) is 6.06. The lowest BCUT2D eigenvalue weighted by Crippen LogP contribution is -2.03. The first-order valence-corrected chi connectivity index (χ1v) is 7.92. The van der Waals surface area contributed by atoms with Crippen LogP contribution in [0.25, 0.3) is 11.1 Å². The highest BCUT2D eigenvalue weighted by Gasteiger charge is 2.21. The Morgan fingerprint density at radius 3 is 2.14 bits per heavy atom. The first-order valence-electron chi connectivity index (χ1n) is 7.92. The molecule has 1 saturated carbocycles. The molecule has 1 nitrogen and oxygen atoms in total. The normalized spacial score (nSPS) is 16.5. The Morgan fingerprint density at radius 1 is 0.905 bits per heavy atom. The van der Waals surface area contributed by atoms with Crippen LogP contribution in [0.3, 0.4) is 0 Å². The van der Waals surface area contributed by atoms with Gasteiger partial charge in [-0.05, 0) is 29.0 Å². The van der Waals surface area contributed by atoms with Gasteiger partial charge in [-0.3, -0.25) is 0 Å². The highest BCUT2D eigenvalue weighted by molar-refractivity contribution is 5.63. The molecule has 106 valence electrons. The molecule has 2 aromatic rings. The topological polar surface area (TPSA) is 23.8 Å². The van der Waals surface area contributed by atoms with E-state index in [1.807, 2.05) is 6.07 Å². The third-order valence-corrected chi connectivity index (χ3v) is 4.62. The SMILES string of the molecule is N#C[C@H](CC1CCCC1)c1ccc(-c2ccccc2)cc1. The van der Waals surface area contributed by atoms with Crippen LogP contribution < -0.4 is 0 Å². The van der Waals surface area contributed by atoms with Crippen molar-refractivity contribution in [1.82, 2.24) is 0 Å². The molecule has 0 amide bonds. The molecule has 0 spiro atoms. The van der Waals surface area contributed by atoms with E-state index in [-0.39, 0.29) is 5.92 Å². The Morgan fingerprint density at radius 2 is 1.52 bits per heavy atom. The molecule has 1 aliphatic rings. The summed E-state index contributed by atoms with van der Waals surface area (Å²) in [5, 5.41) is 9.48. The lowest BCUT2D eigenvalue weighted by molar-refractivity contribution is 0.482. The maximum atomic E-state index is 9.48. The monoisotopic (exact) mass is 275 g/mol. The molecule has 0 unspecified atom stereocenters. The van der Waals surface area contributed by atoms with Crippen LogP contribution in [-0.2, 0) is 0 Å². The van der Waals surface area contributed by atoms with E-state index in [1.165, 1.54) is 42.4 Å². The van der Waals surface area contributed by atoms with Crippen molar-refractivity contribution in [2.45, 2.75) is 38.0 Å². The van der Waals surface area contributed by atoms with Gasteiger partial charge in [0.1, 0.15) is 0 Å². The van der Waals surface area contributed by atoms with E-state index >= 15 is 0 Å². The molecule has 0 heterocycles. The van der Waals surface area contributed by atoms with Gasteiger partial charge in [-0.15, -0.1) is 0 Å².